The summed E-state index contributed by atoms with van der Waals surface area (Å²) in [4.78, 5) is 4.81. The summed E-state index contributed by atoms with van der Waals surface area (Å²) < 4.78 is 78.5. The van der Waals surface area contributed by atoms with Gasteiger partial charge in [0.05, 0.1) is 16.8 Å². The Kier molecular flexibility index (Phi) is 4.56. The standard InChI is InChI=1S/C18H11F6NS/c1-10-5-7-26-16(10)11-4-6-25-15(8-11)13-3-2-12(17(19,20)21)9-14(13)18(22,23)24/h2-9H,1H3. The number of aromatic nitrogens is 1. The summed E-state index contributed by atoms with van der Waals surface area (Å²) in [6, 6.07) is 6.56. The monoisotopic (exact) mass is 387 g/mol. The van der Waals surface area contributed by atoms with Crippen LogP contribution in [0.2, 0.25) is 0 Å². The van der Waals surface area contributed by atoms with Gasteiger partial charge < -0.3 is 0 Å². The lowest BCUT2D eigenvalue weighted by Crippen LogP contribution is -2.12. The zero-order chi connectivity index (χ0) is 19.1. The molecule has 0 bridgehead atoms. The first-order valence-electron chi connectivity index (χ1n) is 7.36. The van der Waals surface area contributed by atoms with Gasteiger partial charge in [0, 0.05) is 16.6 Å². The van der Waals surface area contributed by atoms with Gasteiger partial charge in [-0.05, 0) is 53.8 Å². The molecule has 0 aliphatic carbocycles. The summed E-state index contributed by atoms with van der Waals surface area (Å²) in [5.74, 6) is 0. The van der Waals surface area contributed by atoms with E-state index in [4.69, 9.17) is 0 Å². The number of hydrogen-bond acceptors (Lipinski definition) is 2. The summed E-state index contributed by atoms with van der Waals surface area (Å²) >= 11 is 1.42. The number of thiophene rings is 1. The number of hydrogen-bond donors (Lipinski definition) is 0. The van der Waals surface area contributed by atoms with E-state index in [-0.39, 0.29) is 17.3 Å². The molecule has 0 radical (unpaired) electrons. The molecule has 0 aliphatic heterocycles. The van der Waals surface area contributed by atoms with Crippen LogP contribution in [-0.2, 0) is 12.4 Å². The van der Waals surface area contributed by atoms with Gasteiger partial charge in [-0.1, -0.05) is 6.07 Å². The number of rotatable bonds is 2. The molecule has 3 aromatic rings. The van der Waals surface area contributed by atoms with Crippen molar-refractivity contribution in [2.75, 3.05) is 0 Å². The van der Waals surface area contributed by atoms with Gasteiger partial charge in [0.15, 0.2) is 0 Å². The molecule has 0 N–H and O–H groups in total. The van der Waals surface area contributed by atoms with Crippen LogP contribution in [0.5, 0.6) is 0 Å². The molecule has 26 heavy (non-hydrogen) atoms. The summed E-state index contributed by atoms with van der Waals surface area (Å²) in [6.45, 7) is 1.87. The number of aryl methyl sites for hydroxylation is 1. The van der Waals surface area contributed by atoms with Gasteiger partial charge >= 0.3 is 12.4 Å². The third kappa shape index (κ3) is 3.60. The van der Waals surface area contributed by atoms with Gasteiger partial charge in [0.1, 0.15) is 0 Å². The normalized spacial score (nSPS) is 12.4. The van der Waals surface area contributed by atoms with E-state index in [9.17, 15) is 26.3 Å². The van der Waals surface area contributed by atoms with E-state index in [1.807, 2.05) is 18.4 Å². The lowest BCUT2D eigenvalue weighted by atomic mass is 9.99. The molecule has 0 saturated heterocycles. The van der Waals surface area contributed by atoms with Crippen LogP contribution < -0.4 is 0 Å². The van der Waals surface area contributed by atoms with E-state index < -0.39 is 23.5 Å². The van der Waals surface area contributed by atoms with Crippen molar-refractivity contribution in [3.05, 3.63) is 64.7 Å². The molecule has 0 spiro atoms. The van der Waals surface area contributed by atoms with Crippen molar-refractivity contribution in [2.24, 2.45) is 0 Å². The zero-order valence-electron chi connectivity index (χ0n) is 13.2. The van der Waals surface area contributed by atoms with Crippen molar-refractivity contribution in [3.8, 4) is 21.7 Å². The lowest BCUT2D eigenvalue weighted by molar-refractivity contribution is -0.142. The van der Waals surface area contributed by atoms with Crippen LogP contribution in [0.25, 0.3) is 21.7 Å². The van der Waals surface area contributed by atoms with Crippen LogP contribution in [-0.4, -0.2) is 4.98 Å². The van der Waals surface area contributed by atoms with E-state index in [2.05, 4.69) is 4.98 Å². The Morgan fingerprint density at radius 2 is 1.62 bits per heavy atom. The molecule has 1 aromatic carbocycles. The molecule has 0 saturated carbocycles. The Morgan fingerprint density at radius 3 is 2.19 bits per heavy atom. The minimum absolute atomic E-state index is 0.0312. The average molecular weight is 387 g/mol. The predicted octanol–water partition coefficient (Wildman–Crippen LogP) is 6.82. The molecule has 3 rings (SSSR count). The summed E-state index contributed by atoms with van der Waals surface area (Å²) in [5, 5.41) is 1.85. The van der Waals surface area contributed by atoms with Crippen LogP contribution >= 0.6 is 11.3 Å². The van der Waals surface area contributed by atoms with Crippen LogP contribution in [0, 0.1) is 6.92 Å². The van der Waals surface area contributed by atoms with Crippen LogP contribution in [0.1, 0.15) is 16.7 Å². The van der Waals surface area contributed by atoms with E-state index in [1.165, 1.54) is 23.6 Å². The van der Waals surface area contributed by atoms with Crippen molar-refractivity contribution in [2.45, 2.75) is 19.3 Å². The molecule has 0 atom stereocenters. The summed E-state index contributed by atoms with van der Waals surface area (Å²) in [6.07, 6.45) is -8.45. The third-order valence-electron chi connectivity index (χ3n) is 3.81. The highest BCUT2D eigenvalue weighted by Gasteiger charge is 2.38. The van der Waals surface area contributed by atoms with Crippen molar-refractivity contribution in [3.63, 3.8) is 0 Å². The highest BCUT2D eigenvalue weighted by atomic mass is 32.1. The van der Waals surface area contributed by atoms with Crippen LogP contribution in [0.4, 0.5) is 26.3 Å². The first kappa shape index (κ1) is 18.4. The minimum Gasteiger partial charge on any atom is -0.256 e. The Labute approximate surface area is 148 Å². The highest BCUT2D eigenvalue weighted by Crippen LogP contribution is 2.41. The number of nitrogens with zero attached hydrogens (tertiary/aromatic N) is 1. The van der Waals surface area contributed by atoms with Gasteiger partial charge in [-0.25, -0.2) is 0 Å². The predicted molar refractivity (Wildman–Crippen MR) is 87.7 cm³/mol. The maximum absolute atomic E-state index is 13.3. The first-order chi connectivity index (χ1) is 12.1. The second kappa shape index (κ2) is 6.42. The van der Waals surface area contributed by atoms with E-state index in [0.717, 1.165) is 16.5 Å². The van der Waals surface area contributed by atoms with Crippen molar-refractivity contribution < 1.29 is 26.3 Å². The summed E-state index contributed by atoms with van der Waals surface area (Å²) in [5.41, 5.74) is -1.51. The van der Waals surface area contributed by atoms with E-state index in [1.54, 1.807) is 6.07 Å². The smallest absolute Gasteiger partial charge is 0.256 e. The molecule has 0 aliphatic rings. The Morgan fingerprint density at radius 1 is 0.885 bits per heavy atom. The van der Waals surface area contributed by atoms with Crippen molar-refractivity contribution in [1.29, 1.82) is 0 Å². The zero-order valence-corrected chi connectivity index (χ0v) is 14.1. The number of pyridine rings is 1. The fourth-order valence-electron chi connectivity index (χ4n) is 2.57. The van der Waals surface area contributed by atoms with Crippen molar-refractivity contribution >= 4 is 11.3 Å². The highest BCUT2D eigenvalue weighted by molar-refractivity contribution is 7.13. The first-order valence-corrected chi connectivity index (χ1v) is 8.24. The minimum atomic E-state index is -4.94. The maximum atomic E-state index is 13.3. The van der Waals surface area contributed by atoms with Crippen LogP contribution in [0.3, 0.4) is 0 Å². The molecule has 0 amide bonds. The van der Waals surface area contributed by atoms with Gasteiger partial charge in [0.25, 0.3) is 0 Å². The molecule has 0 fully saturated rings. The molecule has 2 aromatic heterocycles. The Bertz CT molecular complexity index is 939. The second-order valence-corrected chi connectivity index (χ2v) is 6.53. The van der Waals surface area contributed by atoms with E-state index in [0.29, 0.717) is 11.6 Å². The topological polar surface area (TPSA) is 12.9 Å². The van der Waals surface area contributed by atoms with Gasteiger partial charge in [-0.2, -0.15) is 26.3 Å². The average Bonchev–Trinajstić information content (AvgIpc) is 2.99. The van der Waals surface area contributed by atoms with Gasteiger partial charge in [-0.15, -0.1) is 11.3 Å². The van der Waals surface area contributed by atoms with Crippen molar-refractivity contribution in [1.82, 2.24) is 4.98 Å². The summed E-state index contributed by atoms with van der Waals surface area (Å²) in [7, 11) is 0. The number of benzene rings is 1. The SMILES string of the molecule is Cc1ccsc1-c1ccnc(-c2ccc(C(F)(F)F)cc2C(F)(F)F)c1. The van der Waals surface area contributed by atoms with E-state index >= 15 is 0 Å². The molecular formula is C18H11F6NS. The second-order valence-electron chi connectivity index (χ2n) is 5.62. The third-order valence-corrected chi connectivity index (χ3v) is 4.88. The molecule has 136 valence electrons. The fourth-order valence-corrected chi connectivity index (χ4v) is 3.49. The molecule has 8 heteroatoms. The molecule has 2 heterocycles. The molecule has 1 nitrogen and oxygen atoms in total. The Hall–Kier alpha value is -2.35. The number of alkyl halides is 6. The molecule has 0 unspecified atom stereocenters. The Balaban J connectivity index is 2.17. The lowest BCUT2D eigenvalue weighted by Gasteiger charge is -2.16. The van der Waals surface area contributed by atoms with Gasteiger partial charge in [-0.3, -0.25) is 4.98 Å². The van der Waals surface area contributed by atoms with Crippen LogP contribution in [0.15, 0.2) is 48.0 Å². The largest absolute Gasteiger partial charge is 0.417 e. The molecular weight excluding hydrogens is 376 g/mol. The quantitative estimate of drug-likeness (QED) is 0.440. The fraction of sp³-hybridized carbons (Fsp3) is 0.167. The number of halogens is 6. The maximum Gasteiger partial charge on any atom is 0.417 e. The van der Waals surface area contributed by atoms with Gasteiger partial charge in [0.2, 0.25) is 0 Å².